The van der Waals surface area contributed by atoms with E-state index in [0.717, 1.165) is 67.2 Å². The van der Waals surface area contributed by atoms with E-state index in [9.17, 15) is 0 Å². The molecule has 0 unspecified atom stereocenters. The Morgan fingerprint density at radius 2 is 0.905 bits per heavy atom. The second-order valence-corrected chi connectivity index (χ2v) is 18.3. The molecule has 1 aliphatic rings. The molecule has 12 rings (SSSR count). The molecule has 63 heavy (non-hydrogen) atoms. The van der Waals surface area contributed by atoms with Crippen molar-refractivity contribution in [1.29, 1.82) is 0 Å². The highest BCUT2D eigenvalue weighted by atomic mass is 15.2. The summed E-state index contributed by atoms with van der Waals surface area (Å²) in [5.74, 6) is 1.80. The molecule has 0 saturated carbocycles. The molecule has 0 fully saturated rings. The lowest BCUT2D eigenvalue weighted by Crippen LogP contribution is -2.18. The smallest absolute Gasteiger partial charge is 0.238 e. The first-order valence-corrected chi connectivity index (χ1v) is 21.9. The minimum Gasteiger partial charge on any atom is -0.307 e. The average Bonchev–Trinajstić information content (AvgIpc) is 3.91. The summed E-state index contributed by atoms with van der Waals surface area (Å²) in [5, 5.41) is 4.63. The van der Waals surface area contributed by atoms with Gasteiger partial charge in [0.05, 0.1) is 22.1 Å². The summed E-state index contributed by atoms with van der Waals surface area (Å²) in [4.78, 5) is 16.0. The van der Waals surface area contributed by atoms with Gasteiger partial charge < -0.3 is 4.57 Å². The predicted octanol–water partition coefficient (Wildman–Crippen LogP) is 14.7. The standard InChI is InChI=1S/C58H45N5/c1-57(2)36-58(3,4)51-42(26-17-27-48(51)57)38-30-32-40(33-31-38)62-49-28-15-13-23-43(49)45-34-35-46-44-24-14-16-29-50(44)63(53(46)52(45)62)56-60-54(39-20-9-6-10-21-39)59-55(61-56)47-25-12-11-22-41(47)37-18-7-5-8-19-37/h5-35H,36H2,1-4H3. The lowest BCUT2D eigenvalue weighted by atomic mass is 9.80. The lowest BCUT2D eigenvalue weighted by molar-refractivity contribution is 0.403. The van der Waals surface area contributed by atoms with Gasteiger partial charge in [0.1, 0.15) is 0 Å². The lowest BCUT2D eigenvalue weighted by Gasteiger charge is -2.24. The number of rotatable bonds is 6. The second kappa shape index (κ2) is 13.9. The Morgan fingerprint density at radius 1 is 0.381 bits per heavy atom. The zero-order valence-electron chi connectivity index (χ0n) is 35.8. The van der Waals surface area contributed by atoms with Crippen LogP contribution in [0.1, 0.15) is 45.2 Å². The van der Waals surface area contributed by atoms with Crippen LogP contribution in [0.5, 0.6) is 0 Å². The van der Waals surface area contributed by atoms with Crippen LogP contribution in [0.25, 0.3) is 100 Å². The predicted molar refractivity (Wildman–Crippen MR) is 261 cm³/mol. The largest absolute Gasteiger partial charge is 0.307 e. The summed E-state index contributed by atoms with van der Waals surface area (Å²) < 4.78 is 4.72. The van der Waals surface area contributed by atoms with Crippen LogP contribution in [0.3, 0.4) is 0 Å². The van der Waals surface area contributed by atoms with E-state index in [1.165, 1.54) is 33.0 Å². The Hall–Kier alpha value is -7.63. The molecule has 5 nitrogen and oxygen atoms in total. The molecule has 0 radical (unpaired) electrons. The van der Waals surface area contributed by atoms with Gasteiger partial charge in [0.15, 0.2) is 11.6 Å². The quantitative estimate of drug-likeness (QED) is 0.168. The van der Waals surface area contributed by atoms with Gasteiger partial charge in [-0.3, -0.25) is 4.57 Å². The van der Waals surface area contributed by atoms with Crippen molar-refractivity contribution < 1.29 is 0 Å². The number of fused-ring (bicyclic) bond motifs is 8. The summed E-state index contributed by atoms with van der Waals surface area (Å²) in [6.07, 6.45) is 1.13. The summed E-state index contributed by atoms with van der Waals surface area (Å²) in [6.45, 7) is 9.59. The van der Waals surface area contributed by atoms with Crippen molar-refractivity contribution >= 4 is 43.6 Å². The van der Waals surface area contributed by atoms with Gasteiger partial charge in [-0.05, 0) is 74.9 Å². The van der Waals surface area contributed by atoms with Crippen LogP contribution in [0.4, 0.5) is 0 Å². The fraction of sp³-hybridized carbons (Fsp3) is 0.121. The van der Waals surface area contributed by atoms with E-state index in [2.05, 4.69) is 201 Å². The van der Waals surface area contributed by atoms with E-state index >= 15 is 0 Å². The van der Waals surface area contributed by atoms with Crippen molar-refractivity contribution in [2.75, 3.05) is 0 Å². The van der Waals surface area contributed by atoms with E-state index in [1.54, 1.807) is 0 Å². The normalized spacial score (nSPS) is 14.2. The van der Waals surface area contributed by atoms with Gasteiger partial charge in [0.25, 0.3) is 0 Å². The second-order valence-electron chi connectivity index (χ2n) is 18.3. The summed E-state index contributed by atoms with van der Waals surface area (Å²) in [7, 11) is 0. The molecular weight excluding hydrogens is 767 g/mol. The van der Waals surface area contributed by atoms with Gasteiger partial charge in [-0.2, -0.15) is 9.97 Å². The van der Waals surface area contributed by atoms with Crippen LogP contribution in [0, 0.1) is 0 Å². The fourth-order valence-electron chi connectivity index (χ4n) is 11.0. The zero-order valence-corrected chi connectivity index (χ0v) is 35.8. The summed E-state index contributed by atoms with van der Waals surface area (Å²) >= 11 is 0. The van der Waals surface area contributed by atoms with Crippen LogP contribution in [0.2, 0.25) is 0 Å². The van der Waals surface area contributed by atoms with Crippen LogP contribution in [-0.4, -0.2) is 24.1 Å². The van der Waals surface area contributed by atoms with E-state index in [0.29, 0.717) is 17.6 Å². The summed E-state index contributed by atoms with van der Waals surface area (Å²) in [5.41, 5.74) is 15.2. The van der Waals surface area contributed by atoms with Gasteiger partial charge in [0.2, 0.25) is 5.95 Å². The number of para-hydroxylation sites is 2. The Labute approximate surface area is 367 Å². The fourth-order valence-corrected chi connectivity index (χ4v) is 11.0. The van der Waals surface area contributed by atoms with Crippen molar-refractivity contribution in [2.45, 2.75) is 44.9 Å². The van der Waals surface area contributed by atoms with E-state index in [4.69, 9.17) is 15.0 Å². The molecule has 302 valence electrons. The summed E-state index contributed by atoms with van der Waals surface area (Å²) in [6, 6.07) is 67.2. The monoisotopic (exact) mass is 811 g/mol. The molecular formula is C58H45N5. The number of benzene rings is 8. The average molecular weight is 812 g/mol. The molecule has 5 heteroatoms. The Bertz CT molecular complexity index is 3580. The van der Waals surface area contributed by atoms with Crippen molar-refractivity contribution in [3.8, 4) is 56.7 Å². The maximum Gasteiger partial charge on any atom is 0.238 e. The zero-order chi connectivity index (χ0) is 42.5. The molecule has 0 atom stereocenters. The van der Waals surface area contributed by atoms with E-state index in [1.807, 2.05) is 24.3 Å². The van der Waals surface area contributed by atoms with E-state index in [-0.39, 0.29) is 10.8 Å². The molecule has 3 aromatic heterocycles. The minimum absolute atomic E-state index is 0.0822. The maximum absolute atomic E-state index is 5.45. The van der Waals surface area contributed by atoms with Crippen molar-refractivity contribution in [1.82, 2.24) is 24.1 Å². The molecule has 8 aromatic carbocycles. The first-order chi connectivity index (χ1) is 30.7. The van der Waals surface area contributed by atoms with Crippen LogP contribution in [-0.2, 0) is 10.8 Å². The SMILES string of the molecule is CC1(C)CC(C)(C)c2c(-c3ccc(-n4c5ccccc5c5ccc6c7ccccc7n(-c7nc(-c8ccccc8)nc(-c8ccccc8-c8ccccc8)n7)c6c54)cc3)cccc21. The third-order valence-corrected chi connectivity index (χ3v) is 13.4. The van der Waals surface area contributed by atoms with Crippen molar-refractivity contribution in [3.63, 3.8) is 0 Å². The molecule has 0 saturated heterocycles. The Morgan fingerprint density at radius 3 is 1.59 bits per heavy atom. The molecule has 0 bridgehead atoms. The first-order valence-electron chi connectivity index (χ1n) is 21.9. The van der Waals surface area contributed by atoms with Crippen LogP contribution in [0.15, 0.2) is 188 Å². The van der Waals surface area contributed by atoms with Crippen LogP contribution >= 0.6 is 0 Å². The Kier molecular flexibility index (Phi) is 8.23. The molecule has 3 heterocycles. The third-order valence-electron chi connectivity index (χ3n) is 13.4. The number of aromatic nitrogens is 5. The topological polar surface area (TPSA) is 48.5 Å². The minimum atomic E-state index is 0.0822. The highest BCUT2D eigenvalue weighted by Crippen LogP contribution is 2.52. The van der Waals surface area contributed by atoms with Crippen LogP contribution < -0.4 is 0 Å². The molecule has 0 aliphatic heterocycles. The van der Waals surface area contributed by atoms with Gasteiger partial charge in [-0.15, -0.1) is 0 Å². The molecule has 0 spiro atoms. The molecule has 0 amide bonds. The molecule has 0 N–H and O–H groups in total. The van der Waals surface area contributed by atoms with Gasteiger partial charge in [0, 0.05) is 38.4 Å². The van der Waals surface area contributed by atoms with E-state index < -0.39 is 0 Å². The number of hydrogen-bond acceptors (Lipinski definition) is 3. The number of nitrogens with zero attached hydrogens (tertiary/aromatic N) is 5. The third kappa shape index (κ3) is 5.80. The molecule has 11 aromatic rings. The van der Waals surface area contributed by atoms with Gasteiger partial charge in [-0.1, -0.05) is 191 Å². The van der Waals surface area contributed by atoms with Crippen molar-refractivity contribution in [3.05, 3.63) is 199 Å². The molecule has 1 aliphatic carbocycles. The highest BCUT2D eigenvalue weighted by molar-refractivity contribution is 6.23. The Balaban J connectivity index is 1.14. The van der Waals surface area contributed by atoms with Gasteiger partial charge >= 0.3 is 0 Å². The first kappa shape index (κ1) is 37.2. The maximum atomic E-state index is 5.45. The van der Waals surface area contributed by atoms with Gasteiger partial charge in [-0.25, -0.2) is 4.98 Å². The highest BCUT2D eigenvalue weighted by Gasteiger charge is 2.43. The number of hydrogen-bond donors (Lipinski definition) is 0. The van der Waals surface area contributed by atoms with Crippen molar-refractivity contribution in [2.24, 2.45) is 0 Å².